The molecule has 8 heteroatoms. The van der Waals surface area contributed by atoms with Crippen LogP contribution in [0.2, 0.25) is 0 Å². The molecule has 0 aliphatic rings. The molecule has 76 valence electrons. The Bertz CT molecular complexity index is 415. The van der Waals surface area contributed by atoms with E-state index in [2.05, 4.69) is 14.2 Å². The number of nitrogens with zero attached hydrogens (tertiary/aromatic N) is 2. The number of aromatic nitrogens is 2. The van der Waals surface area contributed by atoms with Crippen LogP contribution in [0.25, 0.3) is 0 Å². The summed E-state index contributed by atoms with van der Waals surface area (Å²) in [5.41, 5.74) is 0. The fraction of sp³-hybridized carbons (Fsp3) is 0.167. The summed E-state index contributed by atoms with van der Waals surface area (Å²) < 4.78 is 26.2. The zero-order valence-electron chi connectivity index (χ0n) is 6.82. The van der Waals surface area contributed by atoms with Crippen molar-refractivity contribution in [1.82, 2.24) is 9.97 Å². The molecule has 0 aliphatic carbocycles. The number of carboxylic acid groups (broad SMARTS) is 1. The van der Waals surface area contributed by atoms with E-state index in [0.29, 0.717) is 0 Å². The van der Waals surface area contributed by atoms with Crippen molar-refractivity contribution in [2.75, 3.05) is 5.75 Å². The van der Waals surface area contributed by atoms with Gasteiger partial charge in [-0.3, -0.25) is 9.78 Å². The van der Waals surface area contributed by atoms with Crippen molar-refractivity contribution in [3.8, 4) is 5.88 Å². The molecule has 1 aromatic heterocycles. The highest BCUT2D eigenvalue weighted by Gasteiger charge is 2.18. The molecule has 0 aromatic carbocycles. The smallest absolute Gasteiger partial charge is 0.322 e. The van der Waals surface area contributed by atoms with Crippen LogP contribution >= 0.6 is 0 Å². The Balaban J connectivity index is 2.74. The molecule has 0 bridgehead atoms. The molecule has 14 heavy (non-hydrogen) atoms. The highest BCUT2D eigenvalue weighted by molar-refractivity contribution is 7.87. The molecule has 0 saturated heterocycles. The minimum Gasteiger partial charge on any atom is -0.480 e. The Morgan fingerprint density at radius 2 is 2.21 bits per heavy atom. The molecule has 0 unspecified atom stereocenters. The van der Waals surface area contributed by atoms with Gasteiger partial charge in [0.25, 0.3) is 5.88 Å². The van der Waals surface area contributed by atoms with Gasteiger partial charge in [0.2, 0.25) is 0 Å². The standard InChI is InChI=1S/C6H6N2O5S/c9-6(10)4-14(11,12)13-5-3-7-1-2-8-5/h1-3H,4H2,(H,9,10). The summed E-state index contributed by atoms with van der Waals surface area (Å²) in [6.07, 6.45) is 3.63. The van der Waals surface area contributed by atoms with Crippen LogP contribution in [-0.2, 0) is 14.9 Å². The van der Waals surface area contributed by atoms with E-state index in [-0.39, 0.29) is 5.88 Å². The predicted molar refractivity (Wildman–Crippen MR) is 44.1 cm³/mol. The molecule has 1 rings (SSSR count). The van der Waals surface area contributed by atoms with Crippen LogP contribution in [0.1, 0.15) is 0 Å². The van der Waals surface area contributed by atoms with E-state index in [1.54, 1.807) is 0 Å². The second-order valence-corrected chi connectivity index (χ2v) is 3.79. The van der Waals surface area contributed by atoms with Gasteiger partial charge in [-0.05, 0) is 0 Å². The first kappa shape index (κ1) is 10.4. The van der Waals surface area contributed by atoms with E-state index in [1.165, 1.54) is 12.4 Å². The Hall–Kier alpha value is -1.70. The average molecular weight is 218 g/mol. The summed E-state index contributed by atoms with van der Waals surface area (Å²) in [5.74, 6) is -2.86. The number of hydrogen-bond acceptors (Lipinski definition) is 6. The van der Waals surface area contributed by atoms with Crippen LogP contribution in [0.5, 0.6) is 5.88 Å². The van der Waals surface area contributed by atoms with Gasteiger partial charge in [-0.15, -0.1) is 0 Å². The van der Waals surface area contributed by atoms with E-state index < -0.39 is 21.8 Å². The Kier molecular flexibility index (Phi) is 2.97. The predicted octanol–water partition coefficient (Wildman–Crippen LogP) is -0.730. The van der Waals surface area contributed by atoms with Gasteiger partial charge in [-0.25, -0.2) is 4.98 Å². The van der Waals surface area contributed by atoms with Gasteiger partial charge in [0.1, 0.15) is 0 Å². The Morgan fingerprint density at radius 1 is 1.50 bits per heavy atom. The first-order valence-electron chi connectivity index (χ1n) is 3.39. The van der Waals surface area contributed by atoms with Gasteiger partial charge in [0.05, 0.1) is 6.20 Å². The SMILES string of the molecule is O=C(O)CS(=O)(=O)Oc1cnccn1. The molecule has 0 fully saturated rings. The third-order valence-corrected chi connectivity index (χ3v) is 2.08. The van der Waals surface area contributed by atoms with Crippen LogP contribution in [0.3, 0.4) is 0 Å². The molecule has 0 atom stereocenters. The molecule has 1 N–H and O–H groups in total. The highest BCUT2D eigenvalue weighted by atomic mass is 32.2. The monoisotopic (exact) mass is 218 g/mol. The first-order valence-corrected chi connectivity index (χ1v) is 4.97. The second-order valence-electron chi connectivity index (χ2n) is 2.22. The van der Waals surface area contributed by atoms with Gasteiger partial charge in [-0.2, -0.15) is 8.42 Å². The molecule has 0 amide bonds. The van der Waals surface area contributed by atoms with E-state index >= 15 is 0 Å². The average Bonchev–Trinajstić information content (AvgIpc) is 2.02. The molecule has 1 aromatic rings. The maximum atomic E-state index is 10.9. The summed E-state index contributed by atoms with van der Waals surface area (Å²) in [7, 11) is -4.14. The van der Waals surface area contributed by atoms with Crippen LogP contribution < -0.4 is 4.18 Å². The first-order chi connectivity index (χ1) is 6.49. The van der Waals surface area contributed by atoms with Crippen LogP contribution in [0, 0.1) is 0 Å². The van der Waals surface area contributed by atoms with E-state index in [0.717, 1.165) is 6.20 Å². The lowest BCUT2D eigenvalue weighted by atomic mass is 10.7. The number of carbonyl (C=O) groups is 1. The molecular formula is C6H6N2O5S. The van der Waals surface area contributed by atoms with E-state index in [1.807, 2.05) is 0 Å². The summed E-state index contributed by atoms with van der Waals surface area (Å²) in [4.78, 5) is 17.2. The minimum atomic E-state index is -4.14. The minimum absolute atomic E-state index is 0.256. The van der Waals surface area contributed by atoms with Crippen LogP contribution in [0.15, 0.2) is 18.6 Å². The second kappa shape index (κ2) is 4.01. The van der Waals surface area contributed by atoms with Crippen molar-refractivity contribution < 1.29 is 22.5 Å². The zero-order chi connectivity index (χ0) is 10.6. The van der Waals surface area contributed by atoms with Crippen LogP contribution in [0.4, 0.5) is 0 Å². The molecule has 0 radical (unpaired) electrons. The quantitative estimate of drug-likeness (QED) is 0.664. The summed E-state index contributed by atoms with van der Waals surface area (Å²) in [5, 5.41) is 8.23. The van der Waals surface area contributed by atoms with Crippen LogP contribution in [-0.4, -0.2) is 35.2 Å². The fourth-order valence-electron chi connectivity index (χ4n) is 0.639. The number of carboxylic acids is 1. The number of aliphatic carboxylic acids is 1. The van der Waals surface area contributed by atoms with E-state index in [4.69, 9.17) is 5.11 Å². The molecule has 0 aliphatic heterocycles. The van der Waals surface area contributed by atoms with Crippen molar-refractivity contribution in [2.45, 2.75) is 0 Å². The van der Waals surface area contributed by atoms with Crippen molar-refractivity contribution in [2.24, 2.45) is 0 Å². The Labute approximate surface area is 79.5 Å². The lowest BCUT2D eigenvalue weighted by Gasteiger charge is -2.01. The van der Waals surface area contributed by atoms with E-state index in [9.17, 15) is 13.2 Å². The topological polar surface area (TPSA) is 106 Å². The largest absolute Gasteiger partial charge is 0.480 e. The van der Waals surface area contributed by atoms with Gasteiger partial charge in [0, 0.05) is 12.4 Å². The molecule has 1 heterocycles. The maximum Gasteiger partial charge on any atom is 0.322 e. The van der Waals surface area contributed by atoms with Gasteiger partial charge < -0.3 is 9.29 Å². The summed E-state index contributed by atoms with van der Waals surface area (Å²) >= 11 is 0. The molecular weight excluding hydrogens is 212 g/mol. The lowest BCUT2D eigenvalue weighted by molar-refractivity contribution is -0.134. The Morgan fingerprint density at radius 3 is 2.71 bits per heavy atom. The van der Waals surface area contributed by atoms with Crippen molar-refractivity contribution >= 4 is 16.1 Å². The van der Waals surface area contributed by atoms with Gasteiger partial charge in [0.15, 0.2) is 5.75 Å². The van der Waals surface area contributed by atoms with Crippen molar-refractivity contribution in [3.63, 3.8) is 0 Å². The summed E-state index contributed by atoms with van der Waals surface area (Å²) in [6.45, 7) is 0. The molecule has 7 nitrogen and oxygen atoms in total. The normalized spacial score (nSPS) is 10.9. The van der Waals surface area contributed by atoms with Crippen molar-refractivity contribution in [3.05, 3.63) is 18.6 Å². The highest BCUT2D eigenvalue weighted by Crippen LogP contribution is 2.05. The van der Waals surface area contributed by atoms with Gasteiger partial charge in [-0.1, -0.05) is 0 Å². The number of rotatable bonds is 4. The number of hydrogen-bond donors (Lipinski definition) is 1. The third kappa shape index (κ3) is 3.35. The lowest BCUT2D eigenvalue weighted by Crippen LogP contribution is -2.20. The fourth-order valence-corrected chi connectivity index (χ4v) is 1.35. The zero-order valence-corrected chi connectivity index (χ0v) is 7.64. The van der Waals surface area contributed by atoms with Gasteiger partial charge >= 0.3 is 16.1 Å². The van der Waals surface area contributed by atoms with Crippen molar-refractivity contribution in [1.29, 1.82) is 0 Å². The molecule has 0 saturated carbocycles. The maximum absolute atomic E-state index is 10.9. The summed E-state index contributed by atoms with van der Waals surface area (Å²) in [6, 6.07) is 0. The third-order valence-electron chi connectivity index (χ3n) is 1.05. The molecule has 0 spiro atoms.